The van der Waals surface area contributed by atoms with Crippen LogP contribution in [0.15, 0.2) is 24.3 Å². The summed E-state index contributed by atoms with van der Waals surface area (Å²) in [5, 5.41) is 2.96. The molecule has 1 aliphatic heterocycles. The van der Waals surface area contributed by atoms with E-state index in [-0.39, 0.29) is 5.91 Å². The molecule has 1 saturated carbocycles. The first-order chi connectivity index (χ1) is 12.3. The fourth-order valence-electron chi connectivity index (χ4n) is 3.98. The predicted octanol–water partition coefficient (Wildman–Crippen LogP) is 3.04. The van der Waals surface area contributed by atoms with Crippen LogP contribution in [0, 0.1) is 5.92 Å². The van der Waals surface area contributed by atoms with E-state index in [2.05, 4.69) is 14.9 Å². The van der Waals surface area contributed by atoms with E-state index < -0.39 is 15.6 Å². The number of benzene rings is 1. The Bertz CT molecular complexity index is 759. The molecule has 0 aromatic heterocycles. The van der Waals surface area contributed by atoms with E-state index in [0.29, 0.717) is 17.3 Å². The van der Waals surface area contributed by atoms with Gasteiger partial charge in [0.15, 0.2) is 0 Å². The minimum Gasteiger partial charge on any atom is -0.324 e. The summed E-state index contributed by atoms with van der Waals surface area (Å²) in [6, 6.07) is 6.81. The van der Waals surface area contributed by atoms with Crippen LogP contribution < -0.4 is 10.0 Å². The largest absolute Gasteiger partial charge is 0.324 e. The average Bonchev–Trinajstić information content (AvgIpc) is 2.57. The Morgan fingerprint density at radius 2 is 1.92 bits per heavy atom. The Labute approximate surface area is 156 Å². The number of amides is 1. The molecule has 26 heavy (non-hydrogen) atoms. The number of likely N-dealkylation sites (tertiary alicyclic amines) is 1. The highest BCUT2D eigenvalue weighted by Crippen LogP contribution is 2.35. The van der Waals surface area contributed by atoms with Gasteiger partial charge in [-0.3, -0.25) is 14.4 Å². The van der Waals surface area contributed by atoms with Crippen LogP contribution in [0.25, 0.3) is 0 Å². The van der Waals surface area contributed by atoms with Gasteiger partial charge in [-0.1, -0.05) is 25.3 Å². The second-order valence-electron chi connectivity index (χ2n) is 7.88. The Hall–Kier alpha value is -1.60. The standard InChI is InChI=1S/C19H29N3O3S/c1-19(11-12-22(19)14-15-7-4-3-5-8-15)18(23)20-16-9-6-10-17(13-16)21-26(2,24)25/h6,9-10,13,15,21H,3-5,7-8,11-12,14H2,1-2H3,(H,20,23). The van der Waals surface area contributed by atoms with Gasteiger partial charge in [-0.25, -0.2) is 8.42 Å². The van der Waals surface area contributed by atoms with Crippen LogP contribution in [0.1, 0.15) is 45.4 Å². The zero-order valence-corrected chi connectivity index (χ0v) is 16.4. The van der Waals surface area contributed by atoms with Gasteiger partial charge in [0.05, 0.1) is 17.5 Å². The molecular formula is C19H29N3O3S. The maximum atomic E-state index is 12.9. The summed E-state index contributed by atoms with van der Waals surface area (Å²) < 4.78 is 25.2. The topological polar surface area (TPSA) is 78.5 Å². The molecule has 2 aliphatic rings. The fraction of sp³-hybridized carbons (Fsp3) is 0.632. The molecule has 1 heterocycles. The number of rotatable bonds is 6. The molecule has 1 amide bonds. The maximum Gasteiger partial charge on any atom is 0.244 e. The highest BCUT2D eigenvalue weighted by atomic mass is 32.2. The molecule has 144 valence electrons. The smallest absolute Gasteiger partial charge is 0.244 e. The van der Waals surface area contributed by atoms with Crippen molar-refractivity contribution in [2.45, 2.75) is 51.0 Å². The molecule has 0 spiro atoms. The number of carbonyl (C=O) groups is 1. The van der Waals surface area contributed by atoms with Crippen molar-refractivity contribution in [3.63, 3.8) is 0 Å². The van der Waals surface area contributed by atoms with Gasteiger partial charge in [0.2, 0.25) is 15.9 Å². The van der Waals surface area contributed by atoms with Gasteiger partial charge in [-0.15, -0.1) is 0 Å². The molecule has 1 atom stereocenters. The Kier molecular flexibility index (Phi) is 5.58. The van der Waals surface area contributed by atoms with Crippen molar-refractivity contribution >= 4 is 27.3 Å². The molecule has 1 unspecified atom stereocenters. The number of nitrogens with one attached hydrogen (secondary N) is 2. The van der Waals surface area contributed by atoms with E-state index in [1.54, 1.807) is 24.3 Å². The van der Waals surface area contributed by atoms with Crippen molar-refractivity contribution in [1.82, 2.24) is 4.90 Å². The predicted molar refractivity (Wildman–Crippen MR) is 105 cm³/mol. The minimum atomic E-state index is -3.34. The molecule has 1 aliphatic carbocycles. The average molecular weight is 380 g/mol. The summed E-state index contributed by atoms with van der Waals surface area (Å²) in [6.45, 7) is 3.98. The second kappa shape index (κ2) is 7.56. The highest BCUT2D eigenvalue weighted by Gasteiger charge is 2.47. The summed E-state index contributed by atoms with van der Waals surface area (Å²) in [7, 11) is -3.34. The summed E-state index contributed by atoms with van der Waals surface area (Å²) in [6.07, 6.45) is 8.46. The summed E-state index contributed by atoms with van der Waals surface area (Å²) >= 11 is 0. The lowest BCUT2D eigenvalue weighted by atomic mass is 9.81. The zero-order chi connectivity index (χ0) is 18.8. The van der Waals surface area contributed by atoms with Gasteiger partial charge < -0.3 is 5.32 Å². The van der Waals surface area contributed by atoms with Crippen LogP contribution >= 0.6 is 0 Å². The lowest BCUT2D eigenvalue weighted by Gasteiger charge is -2.50. The van der Waals surface area contributed by atoms with Gasteiger partial charge in [-0.2, -0.15) is 0 Å². The van der Waals surface area contributed by atoms with Crippen molar-refractivity contribution in [3.8, 4) is 0 Å². The summed E-state index contributed by atoms with van der Waals surface area (Å²) in [5.74, 6) is 0.689. The Balaban J connectivity index is 1.62. The van der Waals surface area contributed by atoms with E-state index in [4.69, 9.17) is 0 Å². The van der Waals surface area contributed by atoms with Crippen LogP contribution in [-0.4, -0.2) is 44.1 Å². The first-order valence-electron chi connectivity index (χ1n) is 9.41. The van der Waals surface area contributed by atoms with Crippen molar-refractivity contribution in [2.75, 3.05) is 29.4 Å². The molecule has 1 saturated heterocycles. The van der Waals surface area contributed by atoms with E-state index in [0.717, 1.165) is 25.8 Å². The third kappa shape index (κ3) is 4.57. The van der Waals surface area contributed by atoms with Crippen molar-refractivity contribution in [1.29, 1.82) is 0 Å². The molecule has 1 aromatic rings. The molecule has 3 rings (SSSR count). The van der Waals surface area contributed by atoms with Gasteiger partial charge >= 0.3 is 0 Å². The molecule has 2 N–H and O–H groups in total. The Morgan fingerprint density at radius 3 is 2.54 bits per heavy atom. The van der Waals surface area contributed by atoms with E-state index in [9.17, 15) is 13.2 Å². The SMILES string of the molecule is CC1(C(=O)Nc2cccc(NS(C)(=O)=O)c2)CCN1CC1CCCCC1. The minimum absolute atomic E-state index is 0.0175. The zero-order valence-electron chi connectivity index (χ0n) is 15.6. The highest BCUT2D eigenvalue weighted by molar-refractivity contribution is 7.92. The summed E-state index contributed by atoms with van der Waals surface area (Å²) in [4.78, 5) is 15.2. The number of hydrogen-bond acceptors (Lipinski definition) is 4. The first kappa shape index (κ1) is 19.2. The van der Waals surface area contributed by atoms with Crippen molar-refractivity contribution < 1.29 is 13.2 Å². The molecule has 2 fully saturated rings. The number of carbonyl (C=O) groups excluding carboxylic acids is 1. The molecule has 0 bridgehead atoms. The normalized spacial score (nSPS) is 24.7. The maximum absolute atomic E-state index is 12.9. The van der Waals surface area contributed by atoms with Crippen LogP contribution in [0.3, 0.4) is 0 Å². The number of hydrogen-bond donors (Lipinski definition) is 2. The van der Waals surface area contributed by atoms with Gasteiger partial charge in [0.1, 0.15) is 0 Å². The number of anilines is 2. The van der Waals surface area contributed by atoms with Crippen LogP contribution in [0.4, 0.5) is 11.4 Å². The number of nitrogens with zero attached hydrogens (tertiary/aromatic N) is 1. The fourth-order valence-corrected chi connectivity index (χ4v) is 4.53. The van der Waals surface area contributed by atoms with E-state index in [1.165, 1.54) is 32.1 Å². The quantitative estimate of drug-likeness (QED) is 0.796. The molecule has 7 heteroatoms. The van der Waals surface area contributed by atoms with Gasteiger partial charge in [0, 0.05) is 18.8 Å². The third-order valence-electron chi connectivity index (χ3n) is 5.68. The van der Waals surface area contributed by atoms with E-state index in [1.807, 2.05) is 6.92 Å². The lowest BCUT2D eigenvalue weighted by molar-refractivity contribution is -0.136. The van der Waals surface area contributed by atoms with Crippen LogP contribution in [0.2, 0.25) is 0 Å². The summed E-state index contributed by atoms with van der Waals surface area (Å²) in [5.41, 5.74) is 0.579. The Morgan fingerprint density at radius 1 is 1.23 bits per heavy atom. The molecule has 1 aromatic carbocycles. The lowest BCUT2D eigenvalue weighted by Crippen LogP contribution is -2.65. The van der Waals surface area contributed by atoms with Crippen LogP contribution in [-0.2, 0) is 14.8 Å². The first-order valence-corrected chi connectivity index (χ1v) is 11.3. The van der Waals surface area contributed by atoms with Gasteiger partial charge in [-0.05, 0) is 50.3 Å². The second-order valence-corrected chi connectivity index (χ2v) is 9.63. The van der Waals surface area contributed by atoms with Crippen molar-refractivity contribution in [2.24, 2.45) is 5.92 Å². The van der Waals surface area contributed by atoms with Crippen molar-refractivity contribution in [3.05, 3.63) is 24.3 Å². The molecule has 6 nitrogen and oxygen atoms in total. The molecule has 0 radical (unpaired) electrons. The number of sulfonamides is 1. The van der Waals surface area contributed by atoms with E-state index >= 15 is 0 Å². The van der Waals surface area contributed by atoms with Gasteiger partial charge in [0.25, 0.3) is 0 Å². The van der Waals surface area contributed by atoms with Crippen LogP contribution in [0.5, 0.6) is 0 Å². The monoisotopic (exact) mass is 379 g/mol. The molecular weight excluding hydrogens is 350 g/mol. The third-order valence-corrected chi connectivity index (χ3v) is 6.29.